The van der Waals surface area contributed by atoms with Crippen LogP contribution in [-0.2, 0) is 0 Å². The number of urea groups is 1. The molecule has 206 valence electrons. The van der Waals surface area contributed by atoms with E-state index in [0.717, 1.165) is 35.3 Å². The number of nitrogens with two attached hydrogens (primary N) is 1. The predicted octanol–water partition coefficient (Wildman–Crippen LogP) is 5.96. The number of ether oxygens (including phenoxy) is 1. The van der Waals surface area contributed by atoms with Crippen LogP contribution in [0.15, 0.2) is 60.1 Å². The Morgan fingerprint density at radius 3 is 2.62 bits per heavy atom. The molecule has 3 aromatic heterocycles. The molecule has 0 saturated carbocycles. The van der Waals surface area contributed by atoms with Gasteiger partial charge in [0.25, 0.3) is 0 Å². The summed E-state index contributed by atoms with van der Waals surface area (Å²) in [4.78, 5) is 30.8. The maximum atomic E-state index is 15.4. The molecule has 0 aliphatic carbocycles. The van der Waals surface area contributed by atoms with E-state index in [0.29, 0.717) is 41.0 Å². The highest BCUT2D eigenvalue weighted by molar-refractivity contribution is 6.34. The minimum absolute atomic E-state index is 0.110. The lowest BCUT2D eigenvalue weighted by Crippen LogP contribution is -2.42. The van der Waals surface area contributed by atoms with Crippen molar-refractivity contribution < 1.29 is 13.9 Å². The Kier molecular flexibility index (Phi) is 7.53. The average molecular weight is 562 g/mol. The van der Waals surface area contributed by atoms with Gasteiger partial charge in [-0.25, -0.2) is 24.1 Å². The molecular weight excluding hydrogens is 533 g/mol. The number of likely N-dealkylation sites (tertiary alicyclic amines) is 1. The molecule has 0 bridgehead atoms. The fraction of sp³-hybridized carbons (Fsp3) is 0.276. The molecule has 9 nitrogen and oxygen atoms in total. The fourth-order valence-corrected chi connectivity index (χ4v) is 5.27. The number of carbonyl (C=O) groups excluding carboxylic acids is 1. The number of halogens is 2. The molecular formula is C29H29ClFN7O2. The van der Waals surface area contributed by atoms with Crippen molar-refractivity contribution in [3.8, 4) is 6.01 Å². The van der Waals surface area contributed by atoms with Crippen LogP contribution in [0, 0.1) is 19.7 Å². The Morgan fingerprint density at radius 2 is 1.95 bits per heavy atom. The number of imidazole rings is 1. The number of nitrogens with zero attached hydrogens (tertiary/aromatic N) is 6. The number of hydrogen-bond donors (Lipinski definition) is 1. The lowest BCUT2D eigenvalue weighted by atomic mass is 10.0. The van der Waals surface area contributed by atoms with E-state index in [2.05, 4.69) is 26.1 Å². The number of allylic oxidation sites excluding steroid dienone is 4. The summed E-state index contributed by atoms with van der Waals surface area (Å²) in [6.45, 7) is 10.4. The standard InChI is InChI=1S/C29H29ClFN7O2/c1-5-20(40-29-33-9-6-16(2)35-29)12-23(30)17(3)21-13-22-25(14-24(21)31)34-15-26-27(22)38(18(4)36-26)19-7-10-37(11-8-19)28(32)39/h5-6,9,12-15,19H,1,7-8,10-11H2,2-4H3,(H2,32,39)/b20-12+,23-17-. The Hall–Kier alpha value is -4.31. The van der Waals surface area contributed by atoms with Gasteiger partial charge in [0.15, 0.2) is 0 Å². The second-order valence-electron chi connectivity index (χ2n) is 9.73. The molecule has 0 radical (unpaired) electrons. The normalized spacial score (nSPS) is 15.4. The number of pyridine rings is 1. The third kappa shape index (κ3) is 5.27. The molecule has 1 fully saturated rings. The Bertz CT molecular complexity index is 1700. The number of piperidine rings is 1. The van der Waals surface area contributed by atoms with Gasteiger partial charge in [0.2, 0.25) is 0 Å². The number of aryl methyl sites for hydroxylation is 2. The molecule has 0 spiro atoms. The summed E-state index contributed by atoms with van der Waals surface area (Å²) in [6, 6.07) is 4.79. The van der Waals surface area contributed by atoms with Gasteiger partial charge in [0.05, 0.1) is 17.2 Å². The van der Waals surface area contributed by atoms with Crippen LogP contribution in [0.4, 0.5) is 9.18 Å². The molecule has 2 amide bonds. The maximum absolute atomic E-state index is 15.4. The highest BCUT2D eigenvalue weighted by Crippen LogP contribution is 2.35. The second-order valence-corrected chi connectivity index (χ2v) is 10.1. The van der Waals surface area contributed by atoms with E-state index in [-0.39, 0.29) is 17.1 Å². The third-order valence-electron chi connectivity index (χ3n) is 7.14. The smallest absolute Gasteiger partial charge is 0.322 e. The van der Waals surface area contributed by atoms with E-state index in [1.165, 1.54) is 12.1 Å². The number of amides is 2. The Labute approximate surface area is 235 Å². The first-order chi connectivity index (χ1) is 19.2. The van der Waals surface area contributed by atoms with Crippen LogP contribution in [0.2, 0.25) is 0 Å². The predicted molar refractivity (Wildman–Crippen MR) is 153 cm³/mol. The number of primary amides is 1. The summed E-state index contributed by atoms with van der Waals surface area (Å²) < 4.78 is 23.3. The molecule has 40 heavy (non-hydrogen) atoms. The minimum atomic E-state index is -0.455. The summed E-state index contributed by atoms with van der Waals surface area (Å²) in [5, 5.41) is 1.03. The number of aromatic nitrogens is 5. The molecule has 0 unspecified atom stereocenters. The van der Waals surface area contributed by atoms with Crippen molar-refractivity contribution in [3.05, 3.63) is 83.0 Å². The summed E-state index contributed by atoms with van der Waals surface area (Å²) in [5.74, 6) is 0.687. The summed E-state index contributed by atoms with van der Waals surface area (Å²) in [6.07, 6.45) is 7.76. The molecule has 4 heterocycles. The van der Waals surface area contributed by atoms with E-state index in [1.54, 1.807) is 42.4 Å². The van der Waals surface area contributed by atoms with Gasteiger partial charge in [0.1, 0.15) is 22.9 Å². The zero-order valence-electron chi connectivity index (χ0n) is 22.5. The monoisotopic (exact) mass is 561 g/mol. The number of benzene rings is 1. The fourth-order valence-electron chi connectivity index (χ4n) is 5.06. The van der Waals surface area contributed by atoms with Gasteiger partial charge in [-0.3, -0.25) is 4.98 Å². The SMILES string of the molecule is C=C/C(=C\C(Cl)=C(/C)c1cc2c(cc1F)ncc1nc(C)n(C3CCN(C(N)=O)CC3)c12)Oc1nccc(C)n1. The van der Waals surface area contributed by atoms with Crippen LogP contribution < -0.4 is 10.5 Å². The van der Waals surface area contributed by atoms with Gasteiger partial charge < -0.3 is 19.9 Å². The molecule has 1 saturated heterocycles. The average Bonchev–Trinajstić information content (AvgIpc) is 3.28. The largest absolute Gasteiger partial charge is 0.424 e. The van der Waals surface area contributed by atoms with Gasteiger partial charge in [-0.15, -0.1) is 0 Å². The van der Waals surface area contributed by atoms with Crippen molar-refractivity contribution in [1.82, 2.24) is 29.4 Å². The molecule has 0 atom stereocenters. The van der Waals surface area contributed by atoms with E-state index < -0.39 is 11.8 Å². The molecule has 11 heteroatoms. The van der Waals surface area contributed by atoms with Crippen LogP contribution in [0.25, 0.3) is 27.5 Å². The van der Waals surface area contributed by atoms with Crippen molar-refractivity contribution in [2.75, 3.05) is 13.1 Å². The number of rotatable bonds is 6. The topological polar surface area (TPSA) is 112 Å². The van der Waals surface area contributed by atoms with Gasteiger partial charge in [-0.1, -0.05) is 18.2 Å². The van der Waals surface area contributed by atoms with Gasteiger partial charge in [-0.05, 0) is 63.5 Å². The van der Waals surface area contributed by atoms with Crippen molar-refractivity contribution in [1.29, 1.82) is 0 Å². The quantitative estimate of drug-likeness (QED) is 0.229. The van der Waals surface area contributed by atoms with E-state index in [1.807, 2.05) is 13.8 Å². The lowest BCUT2D eigenvalue weighted by molar-refractivity contribution is 0.180. The molecule has 1 aliphatic rings. The number of hydrogen-bond acceptors (Lipinski definition) is 6. The van der Waals surface area contributed by atoms with Crippen molar-refractivity contribution >= 4 is 45.1 Å². The first-order valence-corrected chi connectivity index (χ1v) is 13.2. The van der Waals surface area contributed by atoms with E-state index in [9.17, 15) is 4.79 Å². The van der Waals surface area contributed by atoms with Crippen LogP contribution in [0.1, 0.15) is 42.9 Å². The molecule has 5 rings (SSSR count). The van der Waals surface area contributed by atoms with Crippen LogP contribution in [-0.4, -0.2) is 48.5 Å². The number of fused-ring (bicyclic) bond motifs is 3. The third-order valence-corrected chi connectivity index (χ3v) is 7.53. The molecule has 2 N–H and O–H groups in total. The van der Waals surface area contributed by atoms with Crippen molar-refractivity contribution in [2.24, 2.45) is 5.73 Å². The first kappa shape index (κ1) is 27.3. The van der Waals surface area contributed by atoms with Gasteiger partial charge >= 0.3 is 12.0 Å². The van der Waals surface area contributed by atoms with Gasteiger partial charge in [0, 0.05) is 53.1 Å². The lowest BCUT2D eigenvalue weighted by Gasteiger charge is -2.32. The van der Waals surface area contributed by atoms with Crippen LogP contribution in [0.3, 0.4) is 0 Å². The summed E-state index contributed by atoms with van der Waals surface area (Å²) >= 11 is 6.67. The molecule has 1 aromatic carbocycles. The Balaban J connectivity index is 1.57. The van der Waals surface area contributed by atoms with Crippen LogP contribution in [0.5, 0.6) is 6.01 Å². The molecule has 1 aliphatic heterocycles. The van der Waals surface area contributed by atoms with Crippen LogP contribution >= 0.6 is 11.6 Å². The highest BCUT2D eigenvalue weighted by Gasteiger charge is 2.26. The minimum Gasteiger partial charge on any atom is -0.424 e. The Morgan fingerprint density at radius 1 is 1.20 bits per heavy atom. The summed E-state index contributed by atoms with van der Waals surface area (Å²) in [7, 11) is 0. The highest BCUT2D eigenvalue weighted by atomic mass is 35.5. The van der Waals surface area contributed by atoms with E-state index in [4.69, 9.17) is 27.1 Å². The first-order valence-electron chi connectivity index (χ1n) is 12.9. The van der Waals surface area contributed by atoms with E-state index >= 15 is 4.39 Å². The van der Waals surface area contributed by atoms with Crippen molar-refractivity contribution in [2.45, 2.75) is 39.7 Å². The number of carbonyl (C=O) groups is 1. The maximum Gasteiger partial charge on any atom is 0.322 e. The summed E-state index contributed by atoms with van der Waals surface area (Å²) in [5.41, 5.74) is 9.15. The second kappa shape index (κ2) is 11.1. The van der Waals surface area contributed by atoms with Crippen molar-refractivity contribution in [3.63, 3.8) is 0 Å². The molecule has 4 aromatic rings. The van der Waals surface area contributed by atoms with Gasteiger partial charge in [-0.2, -0.15) is 0 Å². The zero-order valence-corrected chi connectivity index (χ0v) is 23.2. The zero-order chi connectivity index (χ0) is 28.6.